The van der Waals surface area contributed by atoms with Crippen LogP contribution in [-0.2, 0) is 10.4 Å². The summed E-state index contributed by atoms with van der Waals surface area (Å²) < 4.78 is 0. The summed E-state index contributed by atoms with van der Waals surface area (Å²) in [5, 5.41) is 7.79. The number of nitrogens with zero attached hydrogens (tertiary/aromatic N) is 1. The van der Waals surface area contributed by atoms with Crippen LogP contribution in [0.5, 0.6) is 0 Å². The predicted molar refractivity (Wildman–Crippen MR) is 71.3 cm³/mol. The van der Waals surface area contributed by atoms with E-state index in [1.54, 1.807) is 0 Å². The van der Waals surface area contributed by atoms with E-state index in [4.69, 9.17) is 4.84 Å². The number of hydrogen-bond acceptors (Lipinski definition) is 3. The van der Waals surface area contributed by atoms with Crippen molar-refractivity contribution in [2.75, 3.05) is 13.1 Å². The number of allylic oxidation sites excluding steroid dienone is 1. The van der Waals surface area contributed by atoms with Gasteiger partial charge in [-0.05, 0) is 30.6 Å². The Hall–Kier alpha value is -1.61. The van der Waals surface area contributed by atoms with Crippen molar-refractivity contribution in [1.29, 1.82) is 0 Å². The van der Waals surface area contributed by atoms with Crippen molar-refractivity contribution < 1.29 is 4.84 Å². The summed E-state index contributed by atoms with van der Waals surface area (Å²) in [6.07, 6.45) is 0. The van der Waals surface area contributed by atoms with Gasteiger partial charge in [0, 0.05) is 18.7 Å². The second-order valence-electron chi connectivity index (χ2n) is 5.39. The van der Waals surface area contributed by atoms with E-state index in [1.807, 2.05) is 0 Å². The van der Waals surface area contributed by atoms with Crippen LogP contribution in [0.2, 0.25) is 0 Å². The third kappa shape index (κ3) is 0.977. The van der Waals surface area contributed by atoms with Crippen molar-refractivity contribution in [1.82, 2.24) is 5.32 Å². The highest BCUT2D eigenvalue weighted by molar-refractivity contribution is 5.91. The van der Waals surface area contributed by atoms with Crippen LogP contribution in [0.25, 0.3) is 5.57 Å². The quantitative estimate of drug-likeness (QED) is 0.755. The fraction of sp³-hybridized carbons (Fsp3) is 0.400. The summed E-state index contributed by atoms with van der Waals surface area (Å²) in [6, 6.07) is 8.58. The summed E-state index contributed by atoms with van der Waals surface area (Å²) in [4.78, 5) is 5.97. The smallest absolute Gasteiger partial charge is 0.195 e. The molecule has 3 heteroatoms. The highest BCUT2D eigenvalue weighted by Crippen LogP contribution is 2.55. The second kappa shape index (κ2) is 3.23. The molecule has 2 atom stereocenters. The van der Waals surface area contributed by atoms with Crippen LogP contribution in [0, 0.1) is 5.92 Å². The van der Waals surface area contributed by atoms with Crippen LogP contribution in [-0.4, -0.2) is 18.8 Å². The van der Waals surface area contributed by atoms with E-state index in [-0.39, 0.29) is 5.60 Å². The zero-order chi connectivity index (χ0) is 12.3. The minimum absolute atomic E-state index is 0.310. The van der Waals surface area contributed by atoms with E-state index < -0.39 is 0 Å². The topological polar surface area (TPSA) is 33.6 Å². The summed E-state index contributed by atoms with van der Waals surface area (Å²) in [5.74, 6) is 0.333. The average molecular weight is 240 g/mol. The SMILES string of the molecule is CC1=NOC23C(=C(C)c4ccccc42)CNCC13. The summed E-state index contributed by atoms with van der Waals surface area (Å²) in [5.41, 5.74) is 6.13. The molecule has 0 amide bonds. The molecule has 1 saturated heterocycles. The number of piperidine rings is 1. The Balaban J connectivity index is 2.02. The van der Waals surface area contributed by atoms with Crippen LogP contribution in [0.15, 0.2) is 35.0 Å². The first kappa shape index (κ1) is 10.3. The Bertz CT molecular complexity index is 602. The van der Waals surface area contributed by atoms with Gasteiger partial charge < -0.3 is 10.2 Å². The highest BCUT2D eigenvalue weighted by atomic mass is 16.7. The van der Waals surface area contributed by atoms with Crippen molar-refractivity contribution in [2.24, 2.45) is 11.1 Å². The first-order valence-corrected chi connectivity index (χ1v) is 6.48. The molecule has 1 aliphatic carbocycles. The first-order chi connectivity index (χ1) is 8.75. The van der Waals surface area contributed by atoms with Gasteiger partial charge in [-0.3, -0.25) is 0 Å². The Morgan fingerprint density at radius 3 is 3.06 bits per heavy atom. The number of nitrogens with one attached hydrogen (secondary N) is 1. The number of rotatable bonds is 0. The van der Waals surface area contributed by atoms with Gasteiger partial charge in [-0.25, -0.2) is 0 Å². The van der Waals surface area contributed by atoms with Crippen LogP contribution in [0.4, 0.5) is 0 Å². The molecule has 92 valence electrons. The summed E-state index contributed by atoms with van der Waals surface area (Å²) >= 11 is 0. The lowest BCUT2D eigenvalue weighted by molar-refractivity contribution is -0.0249. The molecule has 2 heterocycles. The van der Waals surface area contributed by atoms with Gasteiger partial charge in [-0.15, -0.1) is 0 Å². The monoisotopic (exact) mass is 240 g/mol. The Morgan fingerprint density at radius 1 is 1.33 bits per heavy atom. The van der Waals surface area contributed by atoms with Crippen LogP contribution < -0.4 is 5.32 Å². The maximum absolute atomic E-state index is 5.97. The molecule has 1 fully saturated rings. The second-order valence-corrected chi connectivity index (χ2v) is 5.39. The van der Waals surface area contributed by atoms with Crippen LogP contribution in [0.1, 0.15) is 25.0 Å². The standard InChI is InChI=1S/C15H16N2O/c1-9-11-5-3-4-6-12(11)15-13(9)7-16-8-14(15)10(2)17-18-15/h3-6,14,16H,7-8H2,1-2H3. The van der Waals surface area contributed by atoms with Gasteiger partial charge in [0.15, 0.2) is 5.60 Å². The van der Waals surface area contributed by atoms with E-state index >= 15 is 0 Å². The lowest BCUT2D eigenvalue weighted by atomic mass is 9.74. The maximum Gasteiger partial charge on any atom is 0.195 e. The molecular weight excluding hydrogens is 224 g/mol. The van der Waals surface area contributed by atoms with Gasteiger partial charge >= 0.3 is 0 Å². The number of hydrogen-bond donors (Lipinski definition) is 1. The molecular formula is C15H16N2O. The van der Waals surface area contributed by atoms with Crippen molar-refractivity contribution in [2.45, 2.75) is 19.4 Å². The molecule has 1 N–H and O–H groups in total. The first-order valence-electron chi connectivity index (χ1n) is 6.48. The molecule has 1 aromatic rings. The minimum Gasteiger partial charge on any atom is -0.379 e. The minimum atomic E-state index is -0.310. The lowest BCUT2D eigenvalue weighted by Gasteiger charge is -2.37. The van der Waals surface area contributed by atoms with Crippen molar-refractivity contribution in [3.8, 4) is 0 Å². The van der Waals surface area contributed by atoms with E-state index in [9.17, 15) is 0 Å². The molecule has 1 aromatic carbocycles. The molecule has 0 radical (unpaired) electrons. The molecule has 0 saturated carbocycles. The van der Waals surface area contributed by atoms with E-state index in [0.717, 1.165) is 18.8 Å². The molecule has 2 unspecified atom stereocenters. The molecule has 2 aliphatic heterocycles. The predicted octanol–water partition coefficient (Wildman–Crippen LogP) is 2.29. The zero-order valence-electron chi connectivity index (χ0n) is 10.7. The molecule has 3 nitrogen and oxygen atoms in total. The Kier molecular flexibility index (Phi) is 1.86. The number of oxime groups is 1. The lowest BCUT2D eigenvalue weighted by Crippen LogP contribution is -2.49. The van der Waals surface area contributed by atoms with Crippen molar-refractivity contribution >= 4 is 11.3 Å². The Labute approximate surface area is 107 Å². The van der Waals surface area contributed by atoms with Gasteiger partial charge in [-0.1, -0.05) is 29.4 Å². The molecule has 4 rings (SSSR count). The van der Waals surface area contributed by atoms with Crippen LogP contribution in [0.3, 0.4) is 0 Å². The fourth-order valence-electron chi connectivity index (χ4n) is 3.70. The fourth-order valence-corrected chi connectivity index (χ4v) is 3.70. The average Bonchev–Trinajstić information content (AvgIpc) is 2.88. The molecule has 0 bridgehead atoms. The van der Waals surface area contributed by atoms with Gasteiger partial charge in [0.25, 0.3) is 0 Å². The highest BCUT2D eigenvalue weighted by Gasteiger charge is 2.57. The Morgan fingerprint density at radius 2 is 2.17 bits per heavy atom. The number of fused-ring (bicyclic) bond motifs is 1. The molecule has 0 aromatic heterocycles. The maximum atomic E-state index is 5.97. The largest absolute Gasteiger partial charge is 0.379 e. The molecule has 18 heavy (non-hydrogen) atoms. The number of benzene rings is 1. The van der Waals surface area contributed by atoms with E-state index in [1.165, 1.54) is 22.3 Å². The van der Waals surface area contributed by atoms with Crippen LogP contribution >= 0.6 is 0 Å². The van der Waals surface area contributed by atoms with Gasteiger partial charge in [0.2, 0.25) is 0 Å². The van der Waals surface area contributed by atoms with Crippen molar-refractivity contribution in [3.63, 3.8) is 0 Å². The van der Waals surface area contributed by atoms with Gasteiger partial charge in [0.05, 0.1) is 11.6 Å². The third-order valence-corrected chi connectivity index (χ3v) is 4.61. The van der Waals surface area contributed by atoms with Gasteiger partial charge in [0.1, 0.15) is 0 Å². The molecule has 3 aliphatic rings. The van der Waals surface area contributed by atoms with E-state index in [2.05, 4.69) is 48.6 Å². The summed E-state index contributed by atoms with van der Waals surface area (Å²) in [6.45, 7) is 6.12. The normalized spacial score (nSPS) is 32.6. The third-order valence-electron chi connectivity index (χ3n) is 4.61. The molecule has 1 spiro atoms. The van der Waals surface area contributed by atoms with Crippen molar-refractivity contribution in [3.05, 3.63) is 41.0 Å². The summed E-state index contributed by atoms with van der Waals surface area (Å²) in [7, 11) is 0. The zero-order valence-corrected chi connectivity index (χ0v) is 10.7. The van der Waals surface area contributed by atoms with Gasteiger partial charge in [-0.2, -0.15) is 0 Å². The van der Waals surface area contributed by atoms with E-state index in [0.29, 0.717) is 5.92 Å².